The number of nitrogens with two attached hydrogens (primary N) is 1. The lowest BCUT2D eigenvalue weighted by molar-refractivity contribution is 0.0367. The lowest BCUT2D eigenvalue weighted by Gasteiger charge is -2.24. The second-order valence-electron chi connectivity index (χ2n) is 4.13. The predicted molar refractivity (Wildman–Crippen MR) is 65.6 cm³/mol. The molecule has 0 heterocycles. The standard InChI is InChI=1S/C13H21NO2/c1-3-13(15,10-14)9-8-11-4-6-12(16-2)7-5-11/h4-7,15H,3,8-10,14H2,1-2H3. The third-order valence-corrected chi connectivity index (χ3v) is 3.08. The van der Waals surface area contributed by atoms with Crippen LogP contribution in [0, 0.1) is 0 Å². The molecule has 0 aliphatic carbocycles. The Labute approximate surface area is 97.2 Å². The molecule has 3 heteroatoms. The molecule has 0 saturated heterocycles. The Morgan fingerprint density at radius 1 is 1.31 bits per heavy atom. The van der Waals surface area contributed by atoms with E-state index in [1.165, 1.54) is 5.56 Å². The number of ether oxygens (including phenoxy) is 1. The van der Waals surface area contributed by atoms with Crippen molar-refractivity contribution in [2.75, 3.05) is 13.7 Å². The number of aryl methyl sites for hydroxylation is 1. The van der Waals surface area contributed by atoms with Crippen LogP contribution < -0.4 is 10.5 Å². The van der Waals surface area contributed by atoms with Crippen molar-refractivity contribution in [2.24, 2.45) is 5.73 Å². The highest BCUT2D eigenvalue weighted by Crippen LogP contribution is 2.18. The summed E-state index contributed by atoms with van der Waals surface area (Å²) in [7, 11) is 1.65. The molecule has 90 valence electrons. The van der Waals surface area contributed by atoms with Crippen LogP contribution in [0.4, 0.5) is 0 Å². The molecule has 0 saturated carbocycles. The Balaban J connectivity index is 2.54. The fraction of sp³-hybridized carbons (Fsp3) is 0.538. The zero-order chi connectivity index (χ0) is 12.0. The maximum absolute atomic E-state index is 10.0. The third kappa shape index (κ3) is 3.51. The Morgan fingerprint density at radius 3 is 2.38 bits per heavy atom. The van der Waals surface area contributed by atoms with Gasteiger partial charge < -0.3 is 15.6 Å². The van der Waals surface area contributed by atoms with Gasteiger partial charge in [-0.1, -0.05) is 19.1 Å². The second kappa shape index (κ2) is 5.87. The molecule has 1 aromatic rings. The molecule has 1 rings (SSSR count). The largest absolute Gasteiger partial charge is 0.497 e. The van der Waals surface area contributed by atoms with Gasteiger partial charge in [0.1, 0.15) is 5.75 Å². The van der Waals surface area contributed by atoms with Crippen molar-refractivity contribution in [3.63, 3.8) is 0 Å². The minimum Gasteiger partial charge on any atom is -0.497 e. The van der Waals surface area contributed by atoms with Gasteiger partial charge in [0.15, 0.2) is 0 Å². The SMILES string of the molecule is CCC(O)(CN)CCc1ccc(OC)cc1. The molecule has 16 heavy (non-hydrogen) atoms. The van der Waals surface area contributed by atoms with Gasteiger partial charge in [0, 0.05) is 6.54 Å². The van der Waals surface area contributed by atoms with Crippen LogP contribution in [0.2, 0.25) is 0 Å². The minimum absolute atomic E-state index is 0.319. The number of aliphatic hydroxyl groups is 1. The Hall–Kier alpha value is -1.06. The van der Waals surface area contributed by atoms with E-state index >= 15 is 0 Å². The molecule has 0 bridgehead atoms. The van der Waals surface area contributed by atoms with Gasteiger partial charge in [-0.05, 0) is 37.0 Å². The first-order valence-electron chi connectivity index (χ1n) is 5.69. The first-order valence-corrected chi connectivity index (χ1v) is 5.69. The average Bonchev–Trinajstić information content (AvgIpc) is 2.36. The molecular weight excluding hydrogens is 202 g/mol. The van der Waals surface area contributed by atoms with Crippen LogP contribution in [0.25, 0.3) is 0 Å². The van der Waals surface area contributed by atoms with Crippen LogP contribution in [0.3, 0.4) is 0 Å². The summed E-state index contributed by atoms with van der Waals surface area (Å²) in [6, 6.07) is 7.91. The van der Waals surface area contributed by atoms with Crippen LogP contribution in [-0.2, 0) is 6.42 Å². The minimum atomic E-state index is -0.722. The molecule has 3 N–H and O–H groups in total. The fourth-order valence-electron chi connectivity index (χ4n) is 1.59. The van der Waals surface area contributed by atoms with Gasteiger partial charge in [-0.2, -0.15) is 0 Å². The summed E-state index contributed by atoms with van der Waals surface area (Å²) in [6.07, 6.45) is 2.23. The van der Waals surface area contributed by atoms with E-state index in [2.05, 4.69) is 0 Å². The van der Waals surface area contributed by atoms with Gasteiger partial charge in [-0.15, -0.1) is 0 Å². The number of methoxy groups -OCH3 is 1. The van der Waals surface area contributed by atoms with Crippen molar-refractivity contribution in [2.45, 2.75) is 31.8 Å². The first-order chi connectivity index (χ1) is 7.63. The van der Waals surface area contributed by atoms with Gasteiger partial charge in [0.2, 0.25) is 0 Å². The zero-order valence-electron chi connectivity index (χ0n) is 10.1. The molecule has 0 fully saturated rings. The quantitative estimate of drug-likeness (QED) is 0.772. The lowest BCUT2D eigenvalue weighted by Crippen LogP contribution is -2.37. The summed E-state index contributed by atoms with van der Waals surface area (Å²) in [5, 5.41) is 10.0. The molecule has 1 aromatic carbocycles. The summed E-state index contributed by atoms with van der Waals surface area (Å²) in [6.45, 7) is 2.28. The lowest BCUT2D eigenvalue weighted by atomic mass is 9.92. The fourth-order valence-corrected chi connectivity index (χ4v) is 1.59. The number of hydrogen-bond acceptors (Lipinski definition) is 3. The Morgan fingerprint density at radius 2 is 1.94 bits per heavy atom. The van der Waals surface area contributed by atoms with Crippen molar-refractivity contribution in [3.8, 4) is 5.75 Å². The van der Waals surface area contributed by atoms with Crippen molar-refractivity contribution >= 4 is 0 Å². The highest BCUT2D eigenvalue weighted by atomic mass is 16.5. The third-order valence-electron chi connectivity index (χ3n) is 3.08. The van der Waals surface area contributed by atoms with Gasteiger partial charge in [0.05, 0.1) is 12.7 Å². The van der Waals surface area contributed by atoms with Gasteiger partial charge in [-0.3, -0.25) is 0 Å². The molecule has 1 unspecified atom stereocenters. The summed E-state index contributed by atoms with van der Waals surface area (Å²) in [4.78, 5) is 0. The van der Waals surface area contributed by atoms with Crippen LogP contribution >= 0.6 is 0 Å². The van der Waals surface area contributed by atoms with E-state index in [-0.39, 0.29) is 0 Å². The van der Waals surface area contributed by atoms with Crippen molar-refractivity contribution in [1.29, 1.82) is 0 Å². The van der Waals surface area contributed by atoms with Gasteiger partial charge in [-0.25, -0.2) is 0 Å². The second-order valence-corrected chi connectivity index (χ2v) is 4.13. The van der Waals surface area contributed by atoms with E-state index in [0.29, 0.717) is 19.4 Å². The normalized spacial score (nSPS) is 14.5. The van der Waals surface area contributed by atoms with Gasteiger partial charge in [0.25, 0.3) is 0 Å². The maximum atomic E-state index is 10.0. The molecule has 0 radical (unpaired) electrons. The first kappa shape index (κ1) is 13.0. The van der Waals surface area contributed by atoms with Crippen molar-refractivity contribution in [3.05, 3.63) is 29.8 Å². The van der Waals surface area contributed by atoms with Crippen molar-refractivity contribution < 1.29 is 9.84 Å². The van der Waals surface area contributed by atoms with Crippen LogP contribution in [0.1, 0.15) is 25.3 Å². The topological polar surface area (TPSA) is 55.5 Å². The average molecular weight is 223 g/mol. The van der Waals surface area contributed by atoms with Crippen LogP contribution in [0.15, 0.2) is 24.3 Å². The van der Waals surface area contributed by atoms with Crippen LogP contribution in [-0.4, -0.2) is 24.4 Å². The molecular formula is C13H21NO2. The summed E-state index contributed by atoms with van der Waals surface area (Å²) >= 11 is 0. The maximum Gasteiger partial charge on any atom is 0.118 e. The van der Waals surface area contributed by atoms with Crippen LogP contribution in [0.5, 0.6) is 5.75 Å². The van der Waals surface area contributed by atoms with E-state index in [1.807, 2.05) is 31.2 Å². The highest BCUT2D eigenvalue weighted by molar-refractivity contribution is 5.27. The molecule has 0 aliphatic rings. The van der Waals surface area contributed by atoms with E-state index in [9.17, 15) is 5.11 Å². The predicted octanol–water partition coefficient (Wildman–Crippen LogP) is 1.73. The zero-order valence-corrected chi connectivity index (χ0v) is 10.1. The Kier molecular flexibility index (Phi) is 4.77. The number of benzene rings is 1. The number of rotatable bonds is 6. The van der Waals surface area contributed by atoms with Gasteiger partial charge >= 0.3 is 0 Å². The van der Waals surface area contributed by atoms with Crippen molar-refractivity contribution in [1.82, 2.24) is 0 Å². The molecule has 1 atom stereocenters. The molecule has 0 aliphatic heterocycles. The molecule has 3 nitrogen and oxygen atoms in total. The van der Waals surface area contributed by atoms with E-state index < -0.39 is 5.60 Å². The summed E-state index contributed by atoms with van der Waals surface area (Å²) in [5.41, 5.74) is 6.03. The van der Waals surface area contributed by atoms with E-state index in [4.69, 9.17) is 10.5 Å². The smallest absolute Gasteiger partial charge is 0.118 e. The highest BCUT2D eigenvalue weighted by Gasteiger charge is 2.21. The summed E-state index contributed by atoms with van der Waals surface area (Å²) in [5.74, 6) is 0.855. The van der Waals surface area contributed by atoms with E-state index in [0.717, 1.165) is 12.2 Å². The monoisotopic (exact) mass is 223 g/mol. The van der Waals surface area contributed by atoms with E-state index in [1.54, 1.807) is 7.11 Å². The Bertz CT molecular complexity index is 304. The molecule has 0 spiro atoms. The molecule has 0 aromatic heterocycles. The number of hydrogen-bond donors (Lipinski definition) is 2. The summed E-state index contributed by atoms with van der Waals surface area (Å²) < 4.78 is 5.09. The molecule has 0 amide bonds.